The summed E-state index contributed by atoms with van der Waals surface area (Å²) in [7, 11) is 0. The lowest BCUT2D eigenvalue weighted by Crippen LogP contribution is -2.24. The number of hydrogen-bond donors (Lipinski definition) is 1. The van der Waals surface area contributed by atoms with Crippen LogP contribution in [0.15, 0.2) is 11.4 Å². The van der Waals surface area contributed by atoms with Crippen molar-refractivity contribution in [1.29, 1.82) is 0 Å². The van der Waals surface area contributed by atoms with Crippen LogP contribution in [0.3, 0.4) is 0 Å². The van der Waals surface area contributed by atoms with Crippen LogP contribution in [-0.2, 0) is 9.59 Å². The smallest absolute Gasteiger partial charge is 0.364 e. The van der Waals surface area contributed by atoms with Crippen molar-refractivity contribution in [1.82, 2.24) is 4.90 Å². The Morgan fingerprint density at radius 1 is 1.54 bits per heavy atom. The van der Waals surface area contributed by atoms with Crippen LogP contribution in [0.2, 0.25) is 0 Å². The van der Waals surface area contributed by atoms with Crippen LogP contribution in [-0.4, -0.2) is 35.0 Å². The van der Waals surface area contributed by atoms with Crippen molar-refractivity contribution in [3.8, 4) is 0 Å². The normalized spacial score (nSPS) is 20.3. The molecule has 0 saturated carbocycles. The quantitative estimate of drug-likeness (QED) is 0.610. The van der Waals surface area contributed by atoms with Crippen LogP contribution in [0.4, 0.5) is 4.39 Å². The molecule has 1 heterocycles. The number of nitrogens with zero attached hydrogens (tertiary/aromatic N) is 1. The lowest BCUT2D eigenvalue weighted by molar-refractivity contribution is -0.134. The molecule has 0 radical (unpaired) electrons. The molecule has 5 heteroatoms. The summed E-state index contributed by atoms with van der Waals surface area (Å²) < 4.78 is 12.8. The Kier molecular flexibility index (Phi) is 2.65. The van der Waals surface area contributed by atoms with E-state index in [0.29, 0.717) is 13.0 Å². The second kappa shape index (κ2) is 3.55. The SMILES string of the molecule is CC(=O)N1CC/C(=C(/F)C(=O)O)C1. The van der Waals surface area contributed by atoms with E-state index in [-0.39, 0.29) is 18.0 Å². The van der Waals surface area contributed by atoms with Gasteiger partial charge in [0.15, 0.2) is 0 Å². The molecule has 0 atom stereocenters. The second-order valence-corrected chi connectivity index (χ2v) is 2.91. The maximum absolute atomic E-state index is 12.8. The minimum atomic E-state index is -1.56. The van der Waals surface area contributed by atoms with E-state index in [1.165, 1.54) is 11.8 Å². The molecule has 13 heavy (non-hydrogen) atoms. The van der Waals surface area contributed by atoms with Crippen molar-refractivity contribution in [2.75, 3.05) is 13.1 Å². The van der Waals surface area contributed by atoms with Crippen molar-refractivity contribution in [3.05, 3.63) is 11.4 Å². The minimum Gasteiger partial charge on any atom is -0.476 e. The van der Waals surface area contributed by atoms with E-state index in [1.54, 1.807) is 0 Å². The van der Waals surface area contributed by atoms with Gasteiger partial charge in [0.25, 0.3) is 0 Å². The van der Waals surface area contributed by atoms with E-state index in [1.807, 2.05) is 0 Å². The lowest BCUT2D eigenvalue weighted by atomic mass is 10.2. The van der Waals surface area contributed by atoms with Crippen LogP contribution in [0.1, 0.15) is 13.3 Å². The van der Waals surface area contributed by atoms with Crippen LogP contribution >= 0.6 is 0 Å². The van der Waals surface area contributed by atoms with Crippen molar-refractivity contribution < 1.29 is 19.1 Å². The lowest BCUT2D eigenvalue weighted by Gasteiger charge is -2.10. The summed E-state index contributed by atoms with van der Waals surface area (Å²) in [5.74, 6) is -2.84. The van der Waals surface area contributed by atoms with Crippen molar-refractivity contribution in [3.63, 3.8) is 0 Å². The highest BCUT2D eigenvalue weighted by atomic mass is 19.1. The molecular weight excluding hydrogens is 177 g/mol. The molecule has 0 aliphatic carbocycles. The molecule has 0 spiro atoms. The van der Waals surface area contributed by atoms with E-state index in [9.17, 15) is 14.0 Å². The number of aliphatic carboxylic acids is 1. The summed E-state index contributed by atoms with van der Waals surface area (Å²) in [6, 6.07) is 0. The van der Waals surface area contributed by atoms with E-state index >= 15 is 0 Å². The van der Waals surface area contributed by atoms with Crippen molar-refractivity contribution in [2.24, 2.45) is 0 Å². The molecule has 0 bridgehead atoms. The number of amides is 1. The summed E-state index contributed by atoms with van der Waals surface area (Å²) in [5, 5.41) is 8.33. The predicted octanol–water partition coefficient (Wildman–Crippen LogP) is 0.547. The molecule has 1 N–H and O–H groups in total. The Bertz CT molecular complexity index is 285. The van der Waals surface area contributed by atoms with E-state index in [2.05, 4.69) is 0 Å². The van der Waals surface area contributed by atoms with Gasteiger partial charge in [0, 0.05) is 20.0 Å². The summed E-state index contributed by atoms with van der Waals surface area (Å²) in [4.78, 5) is 22.5. The number of halogens is 1. The van der Waals surface area contributed by atoms with Gasteiger partial charge in [-0.05, 0) is 12.0 Å². The maximum atomic E-state index is 12.8. The van der Waals surface area contributed by atoms with E-state index in [4.69, 9.17) is 5.11 Å². The van der Waals surface area contributed by atoms with Gasteiger partial charge in [0.2, 0.25) is 11.7 Å². The van der Waals surface area contributed by atoms with Crippen LogP contribution in [0, 0.1) is 0 Å². The average Bonchev–Trinajstić information content (AvgIpc) is 2.50. The molecule has 4 nitrogen and oxygen atoms in total. The monoisotopic (exact) mass is 187 g/mol. The number of carboxylic acid groups (broad SMARTS) is 1. The molecule has 1 amide bonds. The molecular formula is C8H10FNO3. The zero-order valence-electron chi connectivity index (χ0n) is 7.21. The van der Waals surface area contributed by atoms with Crippen LogP contribution < -0.4 is 0 Å². The van der Waals surface area contributed by atoms with E-state index < -0.39 is 11.8 Å². The number of rotatable bonds is 1. The molecule has 0 aromatic rings. The van der Waals surface area contributed by atoms with Crippen LogP contribution in [0.25, 0.3) is 0 Å². The number of hydrogen-bond acceptors (Lipinski definition) is 2. The zero-order chi connectivity index (χ0) is 10.0. The zero-order valence-corrected chi connectivity index (χ0v) is 7.21. The topological polar surface area (TPSA) is 57.6 Å². The molecule has 0 aromatic carbocycles. The first-order valence-electron chi connectivity index (χ1n) is 3.88. The Balaban J connectivity index is 2.74. The summed E-state index contributed by atoms with van der Waals surface area (Å²) in [6.45, 7) is 1.89. The van der Waals surface area contributed by atoms with Gasteiger partial charge in [-0.1, -0.05) is 0 Å². The summed E-state index contributed by atoms with van der Waals surface area (Å²) in [6.07, 6.45) is 0.317. The third kappa shape index (κ3) is 2.05. The molecule has 72 valence electrons. The van der Waals surface area contributed by atoms with Gasteiger partial charge in [0.05, 0.1) is 0 Å². The number of likely N-dealkylation sites (tertiary alicyclic amines) is 1. The fourth-order valence-corrected chi connectivity index (χ4v) is 1.26. The highest BCUT2D eigenvalue weighted by Gasteiger charge is 2.24. The highest BCUT2D eigenvalue weighted by Crippen LogP contribution is 2.19. The van der Waals surface area contributed by atoms with Gasteiger partial charge in [-0.15, -0.1) is 0 Å². The predicted molar refractivity (Wildman–Crippen MR) is 42.6 cm³/mol. The molecule has 1 fully saturated rings. The van der Waals surface area contributed by atoms with E-state index in [0.717, 1.165) is 0 Å². The van der Waals surface area contributed by atoms with Gasteiger partial charge in [0.1, 0.15) is 0 Å². The number of carboxylic acids is 1. The molecule has 1 saturated heterocycles. The van der Waals surface area contributed by atoms with Gasteiger partial charge < -0.3 is 10.0 Å². The Labute approximate surface area is 74.6 Å². The third-order valence-corrected chi connectivity index (χ3v) is 2.01. The molecule has 1 aliphatic rings. The van der Waals surface area contributed by atoms with Gasteiger partial charge in [-0.25, -0.2) is 4.79 Å². The van der Waals surface area contributed by atoms with Crippen molar-refractivity contribution >= 4 is 11.9 Å². The molecule has 1 aliphatic heterocycles. The Morgan fingerprint density at radius 3 is 2.54 bits per heavy atom. The standard InChI is InChI=1S/C8H10FNO3/c1-5(11)10-3-2-6(4-10)7(9)8(12)13/h2-4H2,1H3,(H,12,13)/b7-6-. The Hall–Kier alpha value is -1.39. The largest absolute Gasteiger partial charge is 0.476 e. The fourth-order valence-electron chi connectivity index (χ4n) is 1.26. The first kappa shape index (κ1) is 9.70. The second-order valence-electron chi connectivity index (χ2n) is 2.91. The summed E-state index contributed by atoms with van der Waals surface area (Å²) in [5.41, 5.74) is 0.197. The fraction of sp³-hybridized carbons (Fsp3) is 0.500. The van der Waals surface area contributed by atoms with Crippen molar-refractivity contribution in [2.45, 2.75) is 13.3 Å². The summed E-state index contributed by atoms with van der Waals surface area (Å²) >= 11 is 0. The molecule has 0 unspecified atom stereocenters. The molecule has 1 rings (SSSR count). The highest BCUT2D eigenvalue weighted by molar-refractivity contribution is 5.85. The number of carbonyl (C=O) groups is 2. The van der Waals surface area contributed by atoms with Gasteiger partial charge in [-0.3, -0.25) is 4.79 Å². The number of carbonyl (C=O) groups excluding carboxylic acids is 1. The first-order valence-corrected chi connectivity index (χ1v) is 3.88. The van der Waals surface area contributed by atoms with Crippen LogP contribution in [0.5, 0.6) is 0 Å². The average molecular weight is 187 g/mol. The first-order chi connectivity index (χ1) is 6.02. The third-order valence-electron chi connectivity index (χ3n) is 2.01. The van der Waals surface area contributed by atoms with Gasteiger partial charge in [-0.2, -0.15) is 4.39 Å². The van der Waals surface area contributed by atoms with Gasteiger partial charge >= 0.3 is 5.97 Å². The maximum Gasteiger partial charge on any atom is 0.364 e. The molecule has 0 aromatic heterocycles. The Morgan fingerprint density at radius 2 is 2.15 bits per heavy atom. The minimum absolute atomic E-state index is 0.105.